The van der Waals surface area contributed by atoms with Gasteiger partial charge in [-0.1, -0.05) is 38.1 Å². The Labute approximate surface area is 808 Å². The fourth-order valence-electron chi connectivity index (χ4n) is 13.2. The number of benzene rings is 2. The number of aliphatic hydroxyl groups excluding tert-OH is 1. The number of ether oxygens (including phenoxy) is 12. The Balaban J connectivity index is 0.00000290. The van der Waals surface area contributed by atoms with E-state index in [2.05, 4.69) is 91.6 Å². The molecule has 4 saturated heterocycles. The van der Waals surface area contributed by atoms with Gasteiger partial charge in [-0.25, -0.2) is 19.2 Å². The van der Waals surface area contributed by atoms with Crippen molar-refractivity contribution in [2.45, 2.75) is 202 Å². The number of thioether (sulfide) groups is 2. The Hall–Kier alpha value is -8.12. The molecule has 2 aromatic carbocycles. The molecular formula is C92H150N12O26S4. The van der Waals surface area contributed by atoms with Gasteiger partial charge in [0.25, 0.3) is 0 Å². The summed E-state index contributed by atoms with van der Waals surface area (Å²) in [4.78, 5) is 142. The number of esters is 2. The summed E-state index contributed by atoms with van der Waals surface area (Å²) < 4.78 is 67.2. The molecule has 8 rings (SSSR count). The van der Waals surface area contributed by atoms with E-state index in [1.165, 1.54) is 0 Å². The minimum absolute atomic E-state index is 0. The van der Waals surface area contributed by atoms with Crippen molar-refractivity contribution in [2.75, 3.05) is 177 Å². The van der Waals surface area contributed by atoms with E-state index in [9.17, 15) is 47.9 Å². The second-order valence-electron chi connectivity index (χ2n) is 35.1. The van der Waals surface area contributed by atoms with Crippen LogP contribution in [0.15, 0.2) is 107 Å². The second kappa shape index (κ2) is 66.4. The van der Waals surface area contributed by atoms with Crippen LogP contribution in [0.3, 0.4) is 0 Å². The molecule has 2 aromatic heterocycles. The maximum Gasteiger partial charge on any atom is 0.415 e. The Bertz CT molecular complexity index is 3750. The zero-order valence-electron chi connectivity index (χ0n) is 80.1. The quantitative estimate of drug-likeness (QED) is 0.0148. The number of amides is 8. The Morgan fingerprint density at radius 3 is 1.07 bits per heavy atom. The van der Waals surface area contributed by atoms with Crippen LogP contribution in [0.5, 0.6) is 11.5 Å². The average molecular weight is 1970 g/mol. The molecule has 758 valence electrons. The topological polar surface area (TPSA) is 525 Å². The maximum absolute atomic E-state index is 13.3. The summed E-state index contributed by atoms with van der Waals surface area (Å²) in [6, 6.07) is 18.2. The van der Waals surface area contributed by atoms with Crippen molar-refractivity contribution in [1.82, 2.24) is 62.3 Å². The number of rotatable bonds is 50. The summed E-state index contributed by atoms with van der Waals surface area (Å²) in [7, 11) is 1.00. The molecule has 4 fully saturated rings. The van der Waals surface area contributed by atoms with E-state index >= 15 is 0 Å². The van der Waals surface area contributed by atoms with Crippen molar-refractivity contribution in [3.63, 3.8) is 0 Å². The predicted octanol–water partition coefficient (Wildman–Crippen LogP) is 5.49. The van der Waals surface area contributed by atoms with Gasteiger partial charge in [-0.2, -0.15) is 0 Å². The lowest BCUT2D eigenvalue weighted by molar-refractivity contribution is -0.159. The highest BCUT2D eigenvalue weighted by atomic mass is 32.2. The van der Waals surface area contributed by atoms with Crippen LogP contribution >= 0.6 is 48.8 Å². The third kappa shape index (κ3) is 51.9. The lowest BCUT2D eigenvalue weighted by Crippen LogP contribution is -2.55. The number of nitrogens with zero attached hydrogens (tertiary/aromatic N) is 4. The molecule has 0 unspecified atom stereocenters. The van der Waals surface area contributed by atoms with Gasteiger partial charge in [0.1, 0.15) is 46.9 Å². The van der Waals surface area contributed by atoms with Gasteiger partial charge in [0, 0.05) is 171 Å². The largest absolute Gasteiger partial charge is 0.458 e. The lowest BCUT2D eigenvalue weighted by Gasteiger charge is -2.30. The molecule has 38 nitrogen and oxygen atoms in total. The monoisotopic (exact) mass is 1970 g/mol. The molecule has 0 aliphatic carbocycles. The molecule has 134 heavy (non-hydrogen) atoms. The molecule has 0 spiro atoms. The molecule has 8 amide bonds. The molecular weight excluding hydrogens is 1820 g/mol. The molecule has 15 N–H and O–H groups in total. The van der Waals surface area contributed by atoms with Crippen molar-refractivity contribution in [3.05, 3.63) is 109 Å². The fourth-order valence-corrected chi connectivity index (χ4v) is 15.5. The predicted molar refractivity (Wildman–Crippen MR) is 516 cm³/mol. The van der Waals surface area contributed by atoms with Crippen molar-refractivity contribution < 1.29 is 126 Å². The average Bonchev–Trinajstić information content (AvgIpc) is 1.27. The molecule has 6 heterocycles. The number of carbonyl (C=O) groups is 10. The highest BCUT2D eigenvalue weighted by Crippen LogP contribution is 2.35. The summed E-state index contributed by atoms with van der Waals surface area (Å²) in [6.07, 6.45) is 9.79. The Kier molecular flexibility index (Phi) is 60.4. The van der Waals surface area contributed by atoms with Gasteiger partial charge in [0.15, 0.2) is 0 Å². The molecule has 0 radical (unpaired) electrons. The molecule has 4 aliphatic heterocycles. The number of pyridine rings is 2. The summed E-state index contributed by atoms with van der Waals surface area (Å²) in [5, 5.41) is 30.7. The molecule has 0 bridgehead atoms. The van der Waals surface area contributed by atoms with Crippen molar-refractivity contribution in [3.8, 4) is 11.5 Å². The van der Waals surface area contributed by atoms with E-state index in [0.717, 1.165) is 28.0 Å². The van der Waals surface area contributed by atoms with E-state index in [4.69, 9.17) is 61.9 Å². The lowest BCUT2D eigenvalue weighted by atomic mass is 9.96. The molecule has 0 saturated carbocycles. The highest BCUT2D eigenvalue weighted by molar-refractivity contribution is 8.01. The smallest absolute Gasteiger partial charge is 0.415 e. The number of aromatic nitrogens is 2. The van der Waals surface area contributed by atoms with Crippen LogP contribution in [-0.2, 0) is 98.6 Å². The Morgan fingerprint density at radius 1 is 0.448 bits per heavy atom. The normalized spacial score (nSPS) is 16.1. The molecule has 4 aromatic rings. The number of likely N-dealkylation sites (tertiary alicyclic amines) is 2. The zero-order valence-corrected chi connectivity index (χ0v) is 83.5. The minimum Gasteiger partial charge on any atom is -0.458 e. The van der Waals surface area contributed by atoms with Crippen LogP contribution in [0.1, 0.15) is 146 Å². The first-order valence-electron chi connectivity index (χ1n) is 44.7. The molecule has 4 aliphatic rings. The van der Waals surface area contributed by atoms with Crippen LogP contribution in [0.25, 0.3) is 0 Å². The van der Waals surface area contributed by atoms with Crippen molar-refractivity contribution in [1.29, 1.82) is 0 Å². The number of thiol groups is 2. The third-order valence-corrected chi connectivity index (χ3v) is 23.3. The number of aliphatic hydroxyl groups is 1. The highest BCUT2D eigenvalue weighted by Gasteiger charge is 2.44. The third-order valence-electron chi connectivity index (χ3n) is 20.2. The van der Waals surface area contributed by atoms with Crippen LogP contribution in [-0.4, -0.2) is 323 Å². The molecule has 4 atom stereocenters. The Morgan fingerprint density at radius 2 is 0.776 bits per heavy atom. The van der Waals surface area contributed by atoms with Crippen LogP contribution in [0.4, 0.5) is 9.59 Å². The van der Waals surface area contributed by atoms with Crippen LogP contribution in [0, 0.1) is 17.3 Å². The number of piperidine rings is 2. The van der Waals surface area contributed by atoms with E-state index in [1.54, 1.807) is 148 Å². The number of hydrogen-bond acceptors (Lipinski definition) is 31. The summed E-state index contributed by atoms with van der Waals surface area (Å²) in [5.41, 5.74) is -0.239. The van der Waals surface area contributed by atoms with Gasteiger partial charge in [-0.05, 0) is 167 Å². The van der Waals surface area contributed by atoms with Gasteiger partial charge in [0.05, 0.1) is 92.5 Å². The minimum atomic E-state index is -0.929. The molecule has 42 heteroatoms. The van der Waals surface area contributed by atoms with Crippen LogP contribution < -0.4 is 52.0 Å². The number of carbonyl (C=O) groups excluding carboxylic acids is 10. The van der Waals surface area contributed by atoms with E-state index in [-0.39, 0.29) is 118 Å². The van der Waals surface area contributed by atoms with Gasteiger partial charge < -0.3 is 120 Å². The van der Waals surface area contributed by atoms with Gasteiger partial charge in [-0.3, -0.25) is 49.4 Å². The number of hydrogen-bond donors (Lipinski definition) is 11. The van der Waals surface area contributed by atoms with Gasteiger partial charge in [0.2, 0.25) is 35.4 Å². The van der Waals surface area contributed by atoms with E-state index < -0.39 is 59.5 Å². The van der Waals surface area contributed by atoms with Crippen molar-refractivity contribution in [2.24, 2.45) is 17.3 Å². The standard InChI is InChI=1S/C81H130N10O22S2.2C5H5NS.CH4O.3H2O/c1-77(2,3)112-73(98)63(88-71(96)67-80(9,10)114-55-86-67)51-57-15-19-61(20-16-57)110-75(100)90-33-23-59(24-34-90)69(94)84-31-41-106-45-43-104-39-27-65(92)82-29-13-37-102-47-49-108-53-79(7,8)54-109-50-48-103-38-14-30-83-66(93)28-40-105-44-46-107-42-32-85-70(95)60-25-35-91(36-26-60)76(101)111-62-21-17-58(18-22-62)52-64(74(99)113-78(4,5)6)89-72(97)68-81(11,12)115-56-87-68;2*7-5-2-1-3-6-4-5;1-2;;;/h15-22,59-60,63-64,67-68,86-87H,13-14,23-56H2,1-12H3,(H,82,92)(H,83,93)(H,84,94)(H,85,95)(H,88,96)(H,89,97);2*1-4,7H;2H,1H3;3*1H2/t63-,64-,67+,68+;;;;;;/m0....../s1. The second-order valence-corrected chi connectivity index (χ2v) is 39.3. The van der Waals surface area contributed by atoms with E-state index in [0.29, 0.717) is 207 Å². The van der Waals surface area contributed by atoms with Gasteiger partial charge >= 0.3 is 24.1 Å². The fraction of sp³-hybridized carbons (Fsp3) is 0.652. The summed E-state index contributed by atoms with van der Waals surface area (Å²) >= 11 is 11.3. The summed E-state index contributed by atoms with van der Waals surface area (Å²) in [5.74, 6) is -0.694. The first-order chi connectivity index (χ1) is 62.4. The van der Waals surface area contributed by atoms with Gasteiger partial charge in [-0.15, -0.1) is 48.8 Å². The number of nitrogens with one attached hydrogen (secondary N) is 8. The van der Waals surface area contributed by atoms with E-state index in [1.807, 2.05) is 52.0 Å². The first kappa shape index (κ1) is 122. The van der Waals surface area contributed by atoms with Crippen molar-refractivity contribution >= 4 is 108 Å². The first-order valence-corrected chi connectivity index (χ1v) is 47.6. The maximum atomic E-state index is 13.3. The zero-order chi connectivity index (χ0) is 96.1. The summed E-state index contributed by atoms with van der Waals surface area (Å²) in [6.45, 7) is 31.6. The SMILES string of the molecule is CC(C)(COCCOCCCNC(=O)CCOCCOCCNC(=O)C1CCN(C(=O)Oc2ccc(C[C@H](NC(=O)[C@H]3NCSC3(C)C)C(=O)OC(C)(C)C)cc2)CC1)COCCOCCCNC(=O)CCOCCOCCNC(=O)C1CCN(C(=O)Oc2ccc(C[C@H](NC(=O)[C@H]3NCSC3(C)C)C(=O)OC(C)(C)C)cc2)CC1.CO.O.O.O.Sc1cccnc1.Sc1cccnc1. The van der Waals surface area contributed by atoms with Crippen LogP contribution in [0.2, 0.25) is 0 Å².